The number of benzene rings is 1. The fourth-order valence-electron chi connectivity index (χ4n) is 2.97. The van der Waals surface area contributed by atoms with Gasteiger partial charge in [0.1, 0.15) is 17.2 Å². The van der Waals surface area contributed by atoms with E-state index in [2.05, 4.69) is 0 Å². The van der Waals surface area contributed by atoms with Crippen molar-refractivity contribution >= 4 is 5.91 Å². The Morgan fingerprint density at radius 3 is 2.25 bits per heavy atom. The highest BCUT2D eigenvalue weighted by Gasteiger charge is 2.51. The van der Waals surface area contributed by atoms with Gasteiger partial charge in [0.15, 0.2) is 0 Å². The number of piperidine rings is 1. The highest BCUT2D eigenvalue weighted by Crippen LogP contribution is 2.47. The van der Waals surface area contributed by atoms with Crippen molar-refractivity contribution in [2.75, 3.05) is 21.3 Å². The van der Waals surface area contributed by atoms with Crippen molar-refractivity contribution in [1.29, 1.82) is 0 Å². The Morgan fingerprint density at radius 1 is 1.15 bits per heavy atom. The van der Waals surface area contributed by atoms with Crippen LogP contribution in [0.3, 0.4) is 0 Å². The predicted octanol–water partition coefficient (Wildman–Crippen LogP) is 1.83. The lowest BCUT2D eigenvalue weighted by atomic mass is 10.1. The van der Waals surface area contributed by atoms with Crippen LogP contribution in [0, 0.1) is 5.92 Å². The number of carbonyl (C=O) groups excluding carboxylic acids is 1. The molecule has 1 aliphatic carbocycles. The lowest BCUT2D eigenvalue weighted by Gasteiger charge is -2.22. The number of carbonyl (C=O) groups is 1. The minimum absolute atomic E-state index is 0.228. The van der Waals surface area contributed by atoms with E-state index in [0.717, 1.165) is 12.0 Å². The van der Waals surface area contributed by atoms with E-state index < -0.39 is 0 Å². The van der Waals surface area contributed by atoms with Gasteiger partial charge in [0.25, 0.3) is 0 Å². The van der Waals surface area contributed by atoms with Crippen LogP contribution in [0.25, 0.3) is 0 Å². The predicted molar refractivity (Wildman–Crippen MR) is 73.2 cm³/mol. The number of rotatable bonds is 5. The van der Waals surface area contributed by atoms with Crippen LogP contribution in [-0.4, -0.2) is 38.2 Å². The van der Waals surface area contributed by atoms with Crippen LogP contribution in [0.2, 0.25) is 0 Å². The molecule has 0 aromatic heterocycles. The number of methoxy groups -OCH3 is 3. The van der Waals surface area contributed by atoms with E-state index >= 15 is 0 Å². The Labute approximate surface area is 118 Å². The van der Waals surface area contributed by atoms with Crippen molar-refractivity contribution in [3.05, 3.63) is 17.7 Å². The van der Waals surface area contributed by atoms with Gasteiger partial charge in [-0.05, 0) is 12.3 Å². The highest BCUT2D eigenvalue weighted by molar-refractivity contribution is 5.81. The van der Waals surface area contributed by atoms with Gasteiger partial charge in [0.05, 0.1) is 33.4 Å². The largest absolute Gasteiger partial charge is 0.496 e. The number of nitrogens with zero attached hydrogens (tertiary/aromatic N) is 1. The van der Waals surface area contributed by atoms with Crippen molar-refractivity contribution in [2.45, 2.75) is 25.4 Å². The first kappa shape index (κ1) is 13.1. The second kappa shape index (κ2) is 4.89. The van der Waals surface area contributed by atoms with Gasteiger partial charge in [0, 0.05) is 24.6 Å². The smallest absolute Gasteiger partial charge is 0.223 e. The molecule has 2 fully saturated rings. The van der Waals surface area contributed by atoms with E-state index in [9.17, 15) is 4.79 Å². The van der Waals surface area contributed by atoms with Gasteiger partial charge < -0.3 is 19.1 Å². The topological polar surface area (TPSA) is 48.0 Å². The third-order valence-electron chi connectivity index (χ3n) is 4.19. The minimum atomic E-state index is 0.228. The number of amides is 1. The molecule has 1 heterocycles. The average molecular weight is 277 g/mol. The van der Waals surface area contributed by atoms with Crippen molar-refractivity contribution in [2.24, 2.45) is 5.92 Å². The molecule has 2 aliphatic rings. The highest BCUT2D eigenvalue weighted by atomic mass is 16.5. The Balaban J connectivity index is 1.92. The molecule has 1 aromatic carbocycles. The number of hydrogen-bond acceptors (Lipinski definition) is 4. The monoisotopic (exact) mass is 277 g/mol. The molecule has 0 N–H and O–H groups in total. The van der Waals surface area contributed by atoms with Crippen LogP contribution in [0.1, 0.15) is 18.4 Å². The van der Waals surface area contributed by atoms with Gasteiger partial charge in [0.2, 0.25) is 5.91 Å². The summed E-state index contributed by atoms with van der Waals surface area (Å²) >= 11 is 0. The van der Waals surface area contributed by atoms with Gasteiger partial charge in [-0.3, -0.25) is 4.79 Å². The van der Waals surface area contributed by atoms with E-state index in [1.807, 2.05) is 17.0 Å². The molecule has 0 unspecified atom stereocenters. The molecule has 1 saturated carbocycles. The molecule has 0 spiro atoms. The summed E-state index contributed by atoms with van der Waals surface area (Å²) in [5, 5.41) is 0. The number of hydrogen-bond donors (Lipinski definition) is 0. The number of likely N-dealkylation sites (tertiary alicyclic amines) is 1. The van der Waals surface area contributed by atoms with Gasteiger partial charge in [-0.2, -0.15) is 0 Å². The van der Waals surface area contributed by atoms with Gasteiger partial charge >= 0.3 is 0 Å². The van der Waals surface area contributed by atoms with Gasteiger partial charge in [-0.1, -0.05) is 0 Å². The third kappa shape index (κ3) is 2.07. The molecule has 5 nitrogen and oxygen atoms in total. The van der Waals surface area contributed by atoms with Crippen molar-refractivity contribution in [3.8, 4) is 17.2 Å². The molecule has 3 rings (SSSR count). The first-order valence-electron chi connectivity index (χ1n) is 6.76. The first-order valence-corrected chi connectivity index (χ1v) is 6.76. The molecule has 5 heteroatoms. The maximum absolute atomic E-state index is 12.0. The van der Waals surface area contributed by atoms with E-state index in [1.54, 1.807) is 21.3 Å². The normalized spacial score (nSPS) is 23.6. The lowest BCUT2D eigenvalue weighted by molar-refractivity contribution is -0.129. The van der Waals surface area contributed by atoms with Crippen molar-refractivity contribution < 1.29 is 19.0 Å². The Bertz CT molecular complexity index is 518. The molecular formula is C15H19NO4. The maximum Gasteiger partial charge on any atom is 0.223 e. The average Bonchev–Trinajstić information content (AvgIpc) is 3.15. The van der Waals surface area contributed by atoms with Gasteiger partial charge in [-0.15, -0.1) is 0 Å². The molecule has 0 radical (unpaired) electrons. The zero-order valence-electron chi connectivity index (χ0n) is 12.0. The van der Waals surface area contributed by atoms with E-state index in [0.29, 0.717) is 42.2 Å². The quantitative estimate of drug-likeness (QED) is 0.824. The number of ether oxygens (including phenoxy) is 3. The molecule has 20 heavy (non-hydrogen) atoms. The fourth-order valence-corrected chi connectivity index (χ4v) is 2.97. The van der Waals surface area contributed by atoms with Crippen molar-refractivity contribution in [3.63, 3.8) is 0 Å². The van der Waals surface area contributed by atoms with Crippen LogP contribution in [0.4, 0.5) is 0 Å². The first-order chi connectivity index (χ1) is 9.67. The van der Waals surface area contributed by atoms with Crippen LogP contribution < -0.4 is 14.2 Å². The molecule has 0 bridgehead atoms. The minimum Gasteiger partial charge on any atom is -0.496 e. The molecular weight excluding hydrogens is 258 g/mol. The van der Waals surface area contributed by atoms with Crippen molar-refractivity contribution in [1.82, 2.24) is 4.90 Å². The summed E-state index contributed by atoms with van der Waals surface area (Å²) in [6.45, 7) is 0.538. The van der Waals surface area contributed by atoms with Gasteiger partial charge in [-0.25, -0.2) is 0 Å². The zero-order chi connectivity index (χ0) is 14.3. The summed E-state index contributed by atoms with van der Waals surface area (Å²) in [6, 6.07) is 4.06. The van der Waals surface area contributed by atoms with Crippen LogP contribution in [0.15, 0.2) is 12.1 Å². The second-order valence-corrected chi connectivity index (χ2v) is 5.30. The summed E-state index contributed by atoms with van der Waals surface area (Å²) in [7, 11) is 4.83. The second-order valence-electron chi connectivity index (χ2n) is 5.30. The summed E-state index contributed by atoms with van der Waals surface area (Å²) < 4.78 is 16.1. The molecule has 1 saturated heterocycles. The Kier molecular flexibility index (Phi) is 3.20. The molecule has 1 aliphatic heterocycles. The zero-order valence-corrected chi connectivity index (χ0v) is 12.0. The summed E-state index contributed by atoms with van der Waals surface area (Å²) in [6.07, 6.45) is 1.82. The summed E-state index contributed by atoms with van der Waals surface area (Å²) in [4.78, 5) is 13.9. The third-order valence-corrected chi connectivity index (χ3v) is 4.19. The van der Waals surface area contributed by atoms with Crippen LogP contribution in [0.5, 0.6) is 17.2 Å². The molecule has 2 atom stereocenters. The molecule has 108 valence electrons. The Hall–Kier alpha value is -1.91. The van der Waals surface area contributed by atoms with E-state index in [1.165, 1.54) is 0 Å². The van der Waals surface area contributed by atoms with Crippen LogP contribution in [-0.2, 0) is 11.3 Å². The molecule has 1 amide bonds. The Morgan fingerprint density at radius 2 is 1.80 bits per heavy atom. The fraction of sp³-hybridized carbons (Fsp3) is 0.533. The SMILES string of the molecule is COc1cc(OC)c(CN2C(=O)C[C@H]3C[C@H]32)c(OC)c1. The maximum atomic E-state index is 12.0. The van der Waals surface area contributed by atoms with Crippen LogP contribution >= 0.6 is 0 Å². The summed E-state index contributed by atoms with van der Waals surface area (Å²) in [5.74, 6) is 2.86. The molecule has 1 aromatic rings. The standard InChI is InChI=1S/C15H19NO4/c1-18-10-6-13(19-2)11(14(7-10)20-3)8-16-12-4-9(12)5-15(16)17/h6-7,9,12H,4-5,8H2,1-3H3/t9-,12-/m1/s1. The van der Waals surface area contributed by atoms with E-state index in [4.69, 9.17) is 14.2 Å². The lowest BCUT2D eigenvalue weighted by Crippen LogP contribution is -2.28. The van der Waals surface area contributed by atoms with E-state index in [-0.39, 0.29) is 5.91 Å². The summed E-state index contributed by atoms with van der Waals surface area (Å²) in [5.41, 5.74) is 0.900. The number of fused-ring (bicyclic) bond motifs is 1.